The summed E-state index contributed by atoms with van der Waals surface area (Å²) in [5, 5.41) is 17.0. The molecule has 0 N–H and O–H groups in total. The van der Waals surface area contributed by atoms with Gasteiger partial charge in [0.15, 0.2) is 0 Å². The average molecular weight is 1830 g/mol. The molecular weight excluding hydrogens is 1710 g/mol. The minimum Gasteiger partial charge on any atom is -1.00 e. The van der Waals surface area contributed by atoms with Crippen LogP contribution in [-0.4, -0.2) is 28.4 Å². The van der Waals surface area contributed by atoms with Crippen LogP contribution in [0.15, 0.2) is 388 Å². The fourth-order valence-corrected chi connectivity index (χ4v) is 34.9. The molecule has 0 aliphatic carbocycles. The van der Waals surface area contributed by atoms with Crippen LogP contribution in [0.4, 0.5) is 0 Å². The van der Waals surface area contributed by atoms with Gasteiger partial charge in [0.05, 0.1) is 53.1 Å². The van der Waals surface area contributed by atoms with Crippen LogP contribution in [0.3, 0.4) is 0 Å². The molecule has 0 amide bonds. The van der Waals surface area contributed by atoms with Gasteiger partial charge in [0.2, 0.25) is 0 Å². The molecule has 0 fully saturated rings. The molecule has 0 radical (unpaired) electrons. The Labute approximate surface area is 781 Å². The van der Waals surface area contributed by atoms with Crippen molar-refractivity contribution in [1.82, 2.24) is 0 Å². The Morgan fingerprint density at radius 2 is 0.331 bits per heavy atom. The maximum atomic E-state index is 8.55. The van der Waals surface area contributed by atoms with Gasteiger partial charge in [0.1, 0.15) is 116 Å². The second kappa shape index (κ2) is 46.1. The number of aryl methyl sites for hydroxylation is 12. The second-order valence-electron chi connectivity index (χ2n) is 33.8. The minimum absolute atomic E-state index is 0. The Bertz CT molecular complexity index is 5560. The van der Waals surface area contributed by atoms with E-state index in [-0.39, 0.29) is 12.4 Å². The zero-order chi connectivity index (χ0) is 91.9. The Morgan fingerprint density at radius 3 is 0.469 bits per heavy atom. The molecule has 0 bridgehead atoms. The number of hydrogen-bond donors (Lipinski definition) is 0. The Hall–Kier alpha value is -11.2. The van der Waals surface area contributed by atoms with E-state index in [0.29, 0.717) is 0 Å². The standard InChI is InChI=1S/4C29H30OP.ClH.H3O4P/c3*1-22-9-5-14-27(17-22)31(28-15-6-10-23(2)18-28,29-16-7-11-24(3)19-29)21-25-12-8-13-26(20-25)30-4;1-22-8-14-27(15-9-22)31(28-16-10-23(2)11-17-28,29-18-12-24(3)13-19-29)21-25-6-5-7-26(20-25)30-4;;1-5(2,3)4/h4*5-20H,21H2,1-4H3;1H;(H3,1,2,3,4)/q4*+1;;/p-4. The molecule has 16 aromatic rings. The fraction of sp³-hybridized carbons (Fsp3) is 0.172. The Morgan fingerprint density at radius 1 is 0.192 bits per heavy atom. The maximum Gasteiger partial charge on any atom is 0.119 e. The summed E-state index contributed by atoms with van der Waals surface area (Å²) in [6.45, 7) is 26.2. The van der Waals surface area contributed by atoms with Crippen molar-refractivity contribution in [3.05, 3.63) is 477 Å². The van der Waals surface area contributed by atoms with Crippen molar-refractivity contribution in [1.29, 1.82) is 0 Å². The van der Waals surface area contributed by atoms with Crippen molar-refractivity contribution in [2.45, 2.75) is 108 Å². The Kier molecular flexibility index (Phi) is 35.2. The number of benzene rings is 16. The second-order valence-corrected chi connectivity index (χ2v) is 48.6. The molecule has 0 atom stereocenters. The normalized spacial score (nSPS) is 11.3. The smallest absolute Gasteiger partial charge is 0.119 e. The summed E-state index contributed by atoms with van der Waals surface area (Å²) in [4.78, 5) is 25.6. The first kappa shape index (κ1) is 99.4. The third-order valence-corrected chi connectivity index (χ3v) is 41.0. The van der Waals surface area contributed by atoms with Gasteiger partial charge in [0, 0.05) is 0 Å². The largest absolute Gasteiger partial charge is 1.00 e. The topological polar surface area (TPSA) is 123 Å². The number of halogens is 1. The van der Waals surface area contributed by atoms with Gasteiger partial charge >= 0.3 is 0 Å². The first-order valence-electron chi connectivity index (χ1n) is 43.7. The Balaban J connectivity index is 0.000000164. The highest BCUT2D eigenvalue weighted by molar-refractivity contribution is 7.96. The van der Waals surface area contributed by atoms with Crippen LogP contribution in [-0.2, 0) is 29.2 Å². The first-order chi connectivity index (χ1) is 62.0. The molecular formula is C116H120ClO8P5. The minimum atomic E-state index is -5.39. The van der Waals surface area contributed by atoms with Crippen molar-refractivity contribution in [2.24, 2.45) is 0 Å². The van der Waals surface area contributed by atoms with Crippen LogP contribution < -0.4 is 110 Å². The summed E-state index contributed by atoms with van der Waals surface area (Å²) in [6.07, 6.45) is 3.83. The van der Waals surface area contributed by atoms with E-state index < -0.39 is 36.9 Å². The molecule has 0 aliphatic rings. The molecule has 0 saturated heterocycles. The van der Waals surface area contributed by atoms with E-state index in [1.165, 1.54) is 153 Å². The van der Waals surface area contributed by atoms with E-state index >= 15 is 0 Å². The summed E-state index contributed by atoms with van der Waals surface area (Å²) in [7, 11) is -6.18. The highest BCUT2D eigenvalue weighted by Crippen LogP contribution is 2.63. The van der Waals surface area contributed by atoms with Crippen molar-refractivity contribution < 1.29 is 50.6 Å². The molecule has 0 unspecified atom stereocenters. The van der Waals surface area contributed by atoms with E-state index in [0.717, 1.165) is 47.6 Å². The summed E-state index contributed by atoms with van der Waals surface area (Å²) < 4.78 is 30.8. The van der Waals surface area contributed by atoms with Gasteiger partial charge in [-0.05, 0) is 350 Å². The lowest BCUT2D eigenvalue weighted by atomic mass is 10.2. The number of rotatable bonds is 24. The fourth-order valence-electron chi connectivity index (χ4n) is 17.2. The van der Waals surface area contributed by atoms with Crippen LogP contribution >= 0.6 is 36.9 Å². The zero-order valence-electron chi connectivity index (χ0n) is 77.7. The lowest BCUT2D eigenvalue weighted by molar-refractivity contribution is -0.432. The van der Waals surface area contributed by atoms with Crippen LogP contribution in [0.1, 0.15) is 89.0 Å². The van der Waals surface area contributed by atoms with E-state index in [9.17, 15) is 0 Å². The van der Waals surface area contributed by atoms with Gasteiger partial charge in [-0.1, -0.05) is 211 Å². The van der Waals surface area contributed by atoms with Crippen molar-refractivity contribution in [2.75, 3.05) is 28.4 Å². The summed E-state index contributed by atoms with van der Waals surface area (Å²) >= 11 is 0. The van der Waals surface area contributed by atoms with Crippen molar-refractivity contribution >= 4 is 101 Å². The van der Waals surface area contributed by atoms with Gasteiger partial charge in [-0.15, -0.1) is 0 Å². The molecule has 130 heavy (non-hydrogen) atoms. The molecule has 0 heterocycles. The summed E-state index contributed by atoms with van der Waals surface area (Å²) in [5.41, 5.74) is 20.8. The molecule has 664 valence electrons. The predicted molar refractivity (Wildman–Crippen MR) is 552 cm³/mol. The van der Waals surface area contributed by atoms with Gasteiger partial charge < -0.3 is 50.6 Å². The molecule has 14 heteroatoms. The average Bonchev–Trinajstić information content (AvgIpc) is 0.762. The number of hydrogen-bond acceptors (Lipinski definition) is 8. The highest BCUT2D eigenvalue weighted by Gasteiger charge is 2.50. The van der Waals surface area contributed by atoms with E-state index in [4.69, 9.17) is 38.2 Å². The maximum absolute atomic E-state index is 8.55. The number of ether oxygens (including phenoxy) is 4. The third-order valence-electron chi connectivity index (χ3n) is 23.6. The number of phosphoric acid groups is 1. The van der Waals surface area contributed by atoms with Crippen LogP contribution in [0.5, 0.6) is 23.0 Å². The lowest BCUT2D eigenvalue weighted by Crippen LogP contribution is -3.00. The lowest BCUT2D eigenvalue weighted by Gasteiger charge is -2.36. The molecule has 8 nitrogen and oxygen atoms in total. The van der Waals surface area contributed by atoms with Crippen molar-refractivity contribution in [3.8, 4) is 23.0 Å². The van der Waals surface area contributed by atoms with Crippen LogP contribution in [0.25, 0.3) is 0 Å². The number of methoxy groups -OCH3 is 4. The molecule has 16 aromatic carbocycles. The predicted octanol–water partition coefficient (Wildman–Crippen LogP) is 18.6. The SMILES string of the molecule is COc1cccc(C[P+](c2ccc(C)cc2)(c2ccc(C)cc2)c2ccc(C)cc2)c1.COc1cccc(C[P+](c2cccc(C)c2)(c2cccc(C)c2)c2cccc(C)c2)c1.COc1cccc(C[P+](c2cccc(C)c2)(c2cccc(C)c2)c2cccc(C)c2)c1.COc1cccc(C[P+](c2cccc(C)c2)(c2cccc(C)c2)c2cccc(C)c2)c1.O=P([O-])([O-])[O-].[Cl-]. The molecule has 16 rings (SSSR count). The monoisotopic (exact) mass is 1830 g/mol. The van der Waals surface area contributed by atoms with Crippen molar-refractivity contribution in [3.63, 3.8) is 0 Å². The van der Waals surface area contributed by atoms with Gasteiger partial charge in [-0.2, -0.15) is 7.82 Å². The zero-order valence-corrected chi connectivity index (χ0v) is 82.9. The molecule has 0 aromatic heterocycles. The third kappa shape index (κ3) is 25.3. The molecule has 0 aliphatic heterocycles. The van der Waals surface area contributed by atoms with E-state index in [2.05, 4.69) is 447 Å². The van der Waals surface area contributed by atoms with Crippen LogP contribution in [0, 0.1) is 83.1 Å². The first-order valence-corrected chi connectivity index (χ1v) is 53.0. The van der Waals surface area contributed by atoms with Crippen LogP contribution in [0.2, 0.25) is 0 Å². The molecule has 0 saturated carbocycles. The summed E-state index contributed by atoms with van der Waals surface area (Å²) in [6, 6.07) is 144. The van der Waals surface area contributed by atoms with Gasteiger partial charge in [-0.25, -0.2) is 0 Å². The summed E-state index contributed by atoms with van der Waals surface area (Å²) in [5.74, 6) is 3.64. The van der Waals surface area contributed by atoms with E-state index in [1.807, 2.05) is 24.3 Å². The van der Waals surface area contributed by atoms with Gasteiger partial charge in [0.25, 0.3) is 0 Å². The quantitative estimate of drug-likeness (QED) is 0.0548. The van der Waals surface area contributed by atoms with Gasteiger partial charge in [-0.3, -0.25) is 0 Å². The van der Waals surface area contributed by atoms with E-state index in [1.54, 1.807) is 28.4 Å². The molecule has 0 spiro atoms. The highest BCUT2D eigenvalue weighted by atomic mass is 35.5.